The third-order valence-electron chi connectivity index (χ3n) is 4.58. The van der Waals surface area contributed by atoms with E-state index in [1.165, 1.54) is 0 Å². The molecule has 2 aromatic carbocycles. The Morgan fingerprint density at radius 2 is 1.97 bits per heavy atom. The zero-order valence-corrected chi connectivity index (χ0v) is 16.1. The van der Waals surface area contributed by atoms with Gasteiger partial charge in [-0.15, -0.1) is 10.2 Å². The van der Waals surface area contributed by atoms with E-state index in [-0.39, 0.29) is 5.95 Å². The van der Waals surface area contributed by atoms with Crippen LogP contribution in [0.5, 0.6) is 0 Å². The van der Waals surface area contributed by atoms with E-state index in [0.717, 1.165) is 27.5 Å². The fraction of sp³-hybridized carbons (Fsp3) is 0.0476. The molecule has 0 saturated carbocycles. The predicted molar refractivity (Wildman–Crippen MR) is 114 cm³/mol. The normalized spacial score (nSPS) is 11.7. The van der Waals surface area contributed by atoms with Gasteiger partial charge in [0.25, 0.3) is 5.95 Å². The van der Waals surface area contributed by atoms with Gasteiger partial charge in [0.05, 0.1) is 16.8 Å². The molecule has 0 fully saturated rings. The maximum absolute atomic E-state index is 6.21. The number of nitrogens with one attached hydrogen (secondary N) is 2. The number of hydrazone groups is 1. The number of halogens is 1. The Morgan fingerprint density at radius 1 is 1.07 bits per heavy atom. The second-order valence-electron chi connectivity index (χ2n) is 6.51. The molecular formula is C21H15ClN6O. The number of para-hydroxylation sites is 1. The maximum Gasteiger partial charge on any atom is 0.265 e. The third kappa shape index (κ3) is 3.21. The number of hydrogen-bond acceptors (Lipinski definition) is 6. The highest BCUT2D eigenvalue weighted by Gasteiger charge is 2.10. The highest BCUT2D eigenvalue weighted by atomic mass is 35.5. The summed E-state index contributed by atoms with van der Waals surface area (Å²) in [6, 6.07) is 17.2. The Bertz CT molecular complexity index is 1370. The van der Waals surface area contributed by atoms with E-state index in [2.05, 4.69) is 30.7 Å². The molecule has 0 amide bonds. The number of benzene rings is 2. The van der Waals surface area contributed by atoms with Crippen molar-refractivity contribution in [1.29, 1.82) is 0 Å². The van der Waals surface area contributed by atoms with Gasteiger partial charge in [0, 0.05) is 10.9 Å². The summed E-state index contributed by atoms with van der Waals surface area (Å²) < 4.78 is 5.78. The van der Waals surface area contributed by atoms with Crippen molar-refractivity contribution in [3.05, 3.63) is 70.9 Å². The first-order chi connectivity index (χ1) is 14.2. The van der Waals surface area contributed by atoms with Crippen molar-refractivity contribution in [3.8, 4) is 11.3 Å². The summed E-state index contributed by atoms with van der Waals surface area (Å²) in [6.45, 7) is 2.04. The standard InChI is InChI=1S/C21H15ClN6O/c1-12-5-4-7-15-18(12)24-20-19(15)26-28-21(25-20)27-23-11-13-9-10-17(29-13)14-6-2-3-8-16(14)22/h2-11H,1H3,(H2,24,25,27,28). The van der Waals surface area contributed by atoms with Crippen molar-refractivity contribution in [1.82, 2.24) is 20.2 Å². The number of hydrogen-bond donors (Lipinski definition) is 2. The number of rotatable bonds is 4. The molecular weight excluding hydrogens is 388 g/mol. The van der Waals surface area contributed by atoms with Crippen molar-refractivity contribution in [2.24, 2.45) is 5.10 Å². The van der Waals surface area contributed by atoms with Crippen LogP contribution in [-0.4, -0.2) is 26.4 Å². The Hall–Kier alpha value is -3.71. The third-order valence-corrected chi connectivity index (χ3v) is 4.91. The lowest BCUT2D eigenvalue weighted by atomic mass is 10.1. The van der Waals surface area contributed by atoms with Gasteiger partial charge in [0.2, 0.25) is 0 Å². The average molecular weight is 403 g/mol. The molecule has 0 atom stereocenters. The van der Waals surface area contributed by atoms with Crippen LogP contribution < -0.4 is 5.43 Å². The molecule has 7 nitrogen and oxygen atoms in total. The molecule has 0 radical (unpaired) electrons. The molecule has 8 heteroatoms. The van der Waals surface area contributed by atoms with Gasteiger partial charge >= 0.3 is 0 Å². The first-order valence-electron chi connectivity index (χ1n) is 8.94. The molecule has 0 spiro atoms. The minimum absolute atomic E-state index is 0.288. The number of aromatic nitrogens is 4. The van der Waals surface area contributed by atoms with Gasteiger partial charge in [-0.25, -0.2) is 5.43 Å². The molecule has 3 heterocycles. The van der Waals surface area contributed by atoms with Crippen LogP contribution in [0.2, 0.25) is 5.02 Å². The number of nitrogens with zero attached hydrogens (tertiary/aromatic N) is 4. The molecule has 0 unspecified atom stereocenters. The summed E-state index contributed by atoms with van der Waals surface area (Å²) in [5.74, 6) is 1.53. The van der Waals surface area contributed by atoms with Gasteiger partial charge in [-0.2, -0.15) is 10.1 Å². The van der Waals surface area contributed by atoms with Crippen molar-refractivity contribution >= 4 is 45.8 Å². The van der Waals surface area contributed by atoms with Crippen molar-refractivity contribution in [3.63, 3.8) is 0 Å². The topological polar surface area (TPSA) is 92.0 Å². The van der Waals surface area contributed by atoms with Crippen LogP contribution in [0.25, 0.3) is 33.4 Å². The lowest BCUT2D eigenvalue weighted by Gasteiger charge is -1.99. The number of anilines is 1. The van der Waals surface area contributed by atoms with E-state index in [1.807, 2.05) is 61.5 Å². The Labute approximate surface area is 170 Å². The molecule has 0 saturated heterocycles. The second-order valence-corrected chi connectivity index (χ2v) is 6.91. The van der Waals surface area contributed by atoms with E-state index in [0.29, 0.717) is 22.2 Å². The largest absolute Gasteiger partial charge is 0.455 e. The van der Waals surface area contributed by atoms with E-state index < -0.39 is 0 Å². The monoisotopic (exact) mass is 402 g/mol. The SMILES string of the molecule is Cc1cccc2c1[nH]c1nc(NN=Cc3ccc(-c4ccccc4Cl)o3)nnc12. The molecule has 0 aliphatic heterocycles. The number of aromatic amines is 1. The first-order valence-corrected chi connectivity index (χ1v) is 9.32. The van der Waals surface area contributed by atoms with Crippen LogP contribution in [0.15, 0.2) is 64.1 Å². The van der Waals surface area contributed by atoms with Crippen molar-refractivity contribution in [2.45, 2.75) is 6.92 Å². The predicted octanol–water partition coefficient (Wildman–Crippen LogP) is 5.17. The van der Waals surface area contributed by atoms with Crippen LogP contribution >= 0.6 is 11.6 Å². The van der Waals surface area contributed by atoms with Crippen LogP contribution in [-0.2, 0) is 0 Å². The zero-order valence-electron chi connectivity index (χ0n) is 15.3. The van der Waals surface area contributed by atoms with E-state index in [9.17, 15) is 0 Å². The molecule has 0 aliphatic rings. The smallest absolute Gasteiger partial charge is 0.265 e. The summed E-state index contributed by atoms with van der Waals surface area (Å²) in [5, 5.41) is 14.1. The highest BCUT2D eigenvalue weighted by Crippen LogP contribution is 2.28. The molecule has 29 heavy (non-hydrogen) atoms. The zero-order chi connectivity index (χ0) is 19.8. The molecule has 5 aromatic rings. The van der Waals surface area contributed by atoms with E-state index in [1.54, 1.807) is 6.21 Å². The van der Waals surface area contributed by atoms with Gasteiger partial charge in [-0.05, 0) is 36.8 Å². The Balaban J connectivity index is 1.37. The molecule has 5 rings (SSSR count). The number of aryl methyl sites for hydroxylation is 1. The highest BCUT2D eigenvalue weighted by molar-refractivity contribution is 6.33. The van der Waals surface area contributed by atoms with Gasteiger partial charge in [0.1, 0.15) is 17.0 Å². The summed E-state index contributed by atoms with van der Waals surface area (Å²) in [4.78, 5) is 7.73. The van der Waals surface area contributed by atoms with E-state index in [4.69, 9.17) is 16.0 Å². The lowest BCUT2D eigenvalue weighted by Crippen LogP contribution is -1.98. The van der Waals surface area contributed by atoms with Crippen LogP contribution in [0.3, 0.4) is 0 Å². The lowest BCUT2D eigenvalue weighted by molar-refractivity contribution is 0.575. The van der Waals surface area contributed by atoms with Gasteiger partial charge in [-0.1, -0.05) is 41.9 Å². The summed E-state index contributed by atoms with van der Waals surface area (Å²) in [6.07, 6.45) is 1.54. The summed E-state index contributed by atoms with van der Waals surface area (Å²) >= 11 is 6.21. The van der Waals surface area contributed by atoms with E-state index >= 15 is 0 Å². The summed E-state index contributed by atoms with van der Waals surface area (Å²) in [5.41, 5.74) is 7.13. The molecule has 0 aliphatic carbocycles. The minimum Gasteiger partial charge on any atom is -0.455 e. The second kappa shape index (κ2) is 7.03. The number of fused-ring (bicyclic) bond motifs is 3. The maximum atomic E-state index is 6.21. The fourth-order valence-corrected chi connectivity index (χ4v) is 3.40. The summed E-state index contributed by atoms with van der Waals surface area (Å²) in [7, 11) is 0. The molecule has 3 aromatic heterocycles. The average Bonchev–Trinajstić information content (AvgIpc) is 3.34. The van der Waals surface area contributed by atoms with Gasteiger partial charge in [0.15, 0.2) is 5.65 Å². The van der Waals surface area contributed by atoms with Crippen LogP contribution in [0, 0.1) is 6.92 Å². The molecule has 0 bridgehead atoms. The van der Waals surface area contributed by atoms with Gasteiger partial charge < -0.3 is 9.40 Å². The van der Waals surface area contributed by atoms with Crippen LogP contribution in [0.1, 0.15) is 11.3 Å². The first kappa shape index (κ1) is 17.4. The molecule has 2 N–H and O–H groups in total. The number of H-pyrrole nitrogens is 1. The Kier molecular flexibility index (Phi) is 4.22. The molecule has 142 valence electrons. The van der Waals surface area contributed by atoms with Crippen molar-refractivity contribution < 1.29 is 4.42 Å². The Morgan fingerprint density at radius 3 is 2.86 bits per heavy atom. The van der Waals surface area contributed by atoms with Crippen LogP contribution in [0.4, 0.5) is 5.95 Å². The minimum atomic E-state index is 0.288. The van der Waals surface area contributed by atoms with Crippen molar-refractivity contribution in [2.75, 3.05) is 5.43 Å². The number of furan rings is 1. The quantitative estimate of drug-likeness (QED) is 0.319. The fourth-order valence-electron chi connectivity index (χ4n) is 3.17. The van der Waals surface area contributed by atoms with Gasteiger partial charge in [-0.3, -0.25) is 0 Å².